The molecule has 0 fully saturated rings. The van der Waals surface area contributed by atoms with E-state index < -0.39 is 16.7 Å². The maximum atomic E-state index is 12.7. The Morgan fingerprint density at radius 3 is 2.61 bits per heavy atom. The minimum Gasteiger partial charge on any atom is -0.495 e. The second-order valence-electron chi connectivity index (χ2n) is 5.65. The molecule has 28 heavy (non-hydrogen) atoms. The molecule has 0 aliphatic rings. The van der Waals surface area contributed by atoms with E-state index in [1.807, 2.05) is 0 Å². The van der Waals surface area contributed by atoms with Crippen LogP contribution in [0.3, 0.4) is 0 Å². The summed E-state index contributed by atoms with van der Waals surface area (Å²) in [7, 11) is 1.40. The van der Waals surface area contributed by atoms with Gasteiger partial charge in [-0.1, -0.05) is 0 Å². The molecule has 2 N–H and O–H groups in total. The molecule has 2 heterocycles. The van der Waals surface area contributed by atoms with E-state index in [1.54, 1.807) is 19.1 Å². The van der Waals surface area contributed by atoms with Gasteiger partial charge >= 0.3 is 0 Å². The minimum absolute atomic E-state index is 0.151. The van der Waals surface area contributed by atoms with Crippen molar-refractivity contribution < 1.29 is 23.7 Å². The maximum Gasteiger partial charge on any atom is 0.291 e. The number of hydrogen-bond acceptors (Lipinski definition) is 7. The molecule has 10 heteroatoms. The molecule has 144 valence electrons. The van der Waals surface area contributed by atoms with Crippen LogP contribution in [0.4, 0.5) is 16.4 Å². The number of hydrogen-bond donors (Lipinski definition) is 2. The lowest BCUT2D eigenvalue weighted by Gasteiger charge is -2.09. The highest BCUT2D eigenvalue weighted by Crippen LogP contribution is 2.32. The Kier molecular flexibility index (Phi) is 5.41. The SMILES string of the molecule is COc1ccc([N+](=O)[O-])cc1NC(=O)c1sc(NC(=O)c2ccco2)cc1C. The van der Waals surface area contributed by atoms with Crippen molar-refractivity contribution in [2.45, 2.75) is 6.92 Å². The van der Waals surface area contributed by atoms with Gasteiger partial charge in [-0.05, 0) is 36.8 Å². The van der Waals surface area contributed by atoms with Gasteiger partial charge in [0.15, 0.2) is 5.76 Å². The zero-order valence-electron chi connectivity index (χ0n) is 14.8. The Labute approximate surface area is 163 Å². The summed E-state index contributed by atoms with van der Waals surface area (Å²) in [4.78, 5) is 35.5. The highest BCUT2D eigenvalue weighted by molar-refractivity contribution is 7.18. The third-order valence-electron chi connectivity index (χ3n) is 3.75. The number of rotatable bonds is 6. The van der Waals surface area contributed by atoms with Crippen LogP contribution < -0.4 is 15.4 Å². The molecule has 3 aromatic rings. The van der Waals surface area contributed by atoms with Crippen LogP contribution in [0.1, 0.15) is 25.8 Å². The first-order valence-electron chi connectivity index (χ1n) is 7.98. The number of nitrogens with one attached hydrogen (secondary N) is 2. The minimum atomic E-state index is -0.562. The van der Waals surface area contributed by atoms with Gasteiger partial charge in [-0.3, -0.25) is 19.7 Å². The second kappa shape index (κ2) is 7.92. The van der Waals surface area contributed by atoms with Crippen LogP contribution in [-0.2, 0) is 0 Å². The maximum absolute atomic E-state index is 12.7. The van der Waals surface area contributed by atoms with Crippen molar-refractivity contribution in [2.24, 2.45) is 0 Å². The van der Waals surface area contributed by atoms with Crippen LogP contribution in [0.5, 0.6) is 5.75 Å². The number of furan rings is 1. The number of carbonyl (C=O) groups is 2. The van der Waals surface area contributed by atoms with E-state index in [1.165, 1.54) is 37.6 Å². The largest absolute Gasteiger partial charge is 0.495 e. The molecule has 0 saturated carbocycles. The standard InChI is InChI=1S/C18H15N3O6S/c1-10-8-15(20-17(22)14-4-3-7-27-14)28-16(10)18(23)19-12-9-11(21(24)25)5-6-13(12)26-2/h3-9H,1-2H3,(H,19,23)(H,20,22). The summed E-state index contributed by atoms with van der Waals surface area (Å²) in [6.07, 6.45) is 1.39. The van der Waals surface area contributed by atoms with E-state index in [4.69, 9.17) is 9.15 Å². The number of anilines is 2. The lowest BCUT2D eigenvalue weighted by Crippen LogP contribution is -2.12. The van der Waals surface area contributed by atoms with Crippen LogP contribution in [0.15, 0.2) is 47.1 Å². The molecule has 0 saturated heterocycles. The molecule has 2 aromatic heterocycles. The topological polar surface area (TPSA) is 124 Å². The molecule has 0 spiro atoms. The van der Waals surface area contributed by atoms with Crippen LogP contribution >= 0.6 is 11.3 Å². The second-order valence-corrected chi connectivity index (χ2v) is 6.70. The number of methoxy groups -OCH3 is 1. The number of ether oxygens (including phenoxy) is 1. The molecule has 2 amide bonds. The van der Waals surface area contributed by atoms with Gasteiger partial charge in [0.2, 0.25) is 0 Å². The number of nitro groups is 1. The average molecular weight is 401 g/mol. The summed E-state index contributed by atoms with van der Waals surface area (Å²) in [5, 5.41) is 16.7. The Balaban J connectivity index is 1.80. The van der Waals surface area contributed by atoms with Crippen molar-refractivity contribution in [3.8, 4) is 5.75 Å². The highest BCUT2D eigenvalue weighted by Gasteiger charge is 2.19. The van der Waals surface area contributed by atoms with Crippen molar-refractivity contribution in [3.63, 3.8) is 0 Å². The quantitative estimate of drug-likeness (QED) is 0.474. The number of thiophene rings is 1. The van der Waals surface area contributed by atoms with Crippen LogP contribution in [0.25, 0.3) is 0 Å². The third kappa shape index (κ3) is 4.01. The molecule has 0 aliphatic heterocycles. The molecule has 1 aromatic carbocycles. The van der Waals surface area contributed by atoms with Crippen molar-refractivity contribution in [2.75, 3.05) is 17.7 Å². The van der Waals surface area contributed by atoms with Crippen LogP contribution in [0.2, 0.25) is 0 Å². The first kappa shape index (κ1) is 19.1. The Hall–Kier alpha value is -3.66. The van der Waals surface area contributed by atoms with E-state index in [-0.39, 0.29) is 17.1 Å². The Morgan fingerprint density at radius 1 is 1.18 bits per heavy atom. The normalized spacial score (nSPS) is 10.4. The molecule has 3 rings (SSSR count). The number of aryl methyl sites for hydroxylation is 1. The van der Waals surface area contributed by atoms with Crippen LogP contribution in [0, 0.1) is 17.0 Å². The number of carbonyl (C=O) groups excluding carboxylic acids is 2. The number of non-ortho nitro benzene ring substituents is 1. The van der Waals surface area contributed by atoms with Gasteiger partial charge in [0.05, 0.1) is 33.9 Å². The number of nitro benzene ring substituents is 1. The summed E-state index contributed by atoms with van der Waals surface area (Å²) in [6.45, 7) is 1.72. The summed E-state index contributed by atoms with van der Waals surface area (Å²) < 4.78 is 10.2. The fourth-order valence-electron chi connectivity index (χ4n) is 2.44. The summed E-state index contributed by atoms with van der Waals surface area (Å²) >= 11 is 1.08. The van der Waals surface area contributed by atoms with E-state index in [2.05, 4.69) is 10.6 Å². The fraction of sp³-hybridized carbons (Fsp3) is 0.111. The molecular weight excluding hydrogens is 386 g/mol. The lowest BCUT2D eigenvalue weighted by molar-refractivity contribution is -0.384. The fourth-order valence-corrected chi connectivity index (χ4v) is 3.40. The van der Waals surface area contributed by atoms with Gasteiger partial charge in [0.25, 0.3) is 17.5 Å². The summed E-state index contributed by atoms with van der Waals surface area (Å²) in [5.41, 5.74) is 0.641. The molecule has 0 bridgehead atoms. The molecular formula is C18H15N3O6S. The van der Waals surface area contributed by atoms with E-state index in [0.29, 0.717) is 21.2 Å². The zero-order valence-corrected chi connectivity index (χ0v) is 15.7. The van der Waals surface area contributed by atoms with Crippen LogP contribution in [-0.4, -0.2) is 23.8 Å². The summed E-state index contributed by atoms with van der Waals surface area (Å²) in [5.74, 6) is -0.462. The van der Waals surface area contributed by atoms with Gasteiger partial charge in [-0.25, -0.2) is 0 Å². The smallest absolute Gasteiger partial charge is 0.291 e. The lowest BCUT2D eigenvalue weighted by atomic mass is 10.2. The Morgan fingerprint density at radius 2 is 1.96 bits per heavy atom. The Bertz CT molecular complexity index is 1040. The van der Waals surface area contributed by atoms with E-state index in [0.717, 1.165) is 11.3 Å². The first-order valence-corrected chi connectivity index (χ1v) is 8.79. The molecule has 0 radical (unpaired) electrons. The highest BCUT2D eigenvalue weighted by atomic mass is 32.1. The third-order valence-corrected chi connectivity index (χ3v) is 4.90. The predicted octanol–water partition coefficient (Wildman–Crippen LogP) is 4.07. The average Bonchev–Trinajstić information content (AvgIpc) is 3.31. The van der Waals surface area contributed by atoms with Crippen molar-refractivity contribution in [3.05, 3.63) is 69.0 Å². The van der Waals surface area contributed by atoms with Gasteiger partial charge in [0.1, 0.15) is 5.75 Å². The molecule has 0 aliphatic carbocycles. The number of amides is 2. The zero-order chi connectivity index (χ0) is 20.3. The number of nitrogens with zero attached hydrogens (tertiary/aromatic N) is 1. The monoisotopic (exact) mass is 401 g/mol. The predicted molar refractivity (Wildman–Crippen MR) is 103 cm³/mol. The molecule has 0 unspecified atom stereocenters. The number of benzene rings is 1. The van der Waals surface area contributed by atoms with Crippen molar-refractivity contribution in [1.29, 1.82) is 0 Å². The van der Waals surface area contributed by atoms with Crippen molar-refractivity contribution in [1.82, 2.24) is 0 Å². The van der Waals surface area contributed by atoms with Gasteiger partial charge in [-0.15, -0.1) is 11.3 Å². The van der Waals surface area contributed by atoms with Gasteiger partial charge < -0.3 is 19.8 Å². The molecule has 0 atom stereocenters. The van der Waals surface area contributed by atoms with Gasteiger partial charge in [0, 0.05) is 12.1 Å². The first-order chi connectivity index (χ1) is 13.4. The summed E-state index contributed by atoms with van der Waals surface area (Å²) in [6, 6.07) is 8.69. The molecule has 9 nitrogen and oxygen atoms in total. The van der Waals surface area contributed by atoms with E-state index in [9.17, 15) is 19.7 Å². The van der Waals surface area contributed by atoms with Gasteiger partial charge in [-0.2, -0.15) is 0 Å². The van der Waals surface area contributed by atoms with Crippen molar-refractivity contribution >= 4 is 39.5 Å². The van der Waals surface area contributed by atoms with E-state index >= 15 is 0 Å².